The summed E-state index contributed by atoms with van der Waals surface area (Å²) < 4.78 is 1.56. The van der Waals surface area contributed by atoms with E-state index in [0.717, 1.165) is 16.1 Å². The summed E-state index contributed by atoms with van der Waals surface area (Å²) in [6, 6.07) is 10.9. The first-order valence-electron chi connectivity index (χ1n) is 8.13. The van der Waals surface area contributed by atoms with Gasteiger partial charge in [0.15, 0.2) is 5.82 Å². The zero-order valence-corrected chi connectivity index (χ0v) is 14.9. The molecule has 4 rings (SSSR count). The molecule has 0 bridgehead atoms. The minimum atomic E-state index is -0.301. The van der Waals surface area contributed by atoms with Gasteiger partial charge < -0.3 is 10.6 Å². The number of aromatic nitrogens is 5. The molecule has 134 valence electrons. The normalized spacial score (nSPS) is 10.5. The molecule has 0 unspecified atom stereocenters. The summed E-state index contributed by atoms with van der Waals surface area (Å²) in [6.07, 6.45) is 6.44. The average molecular weight is 377 g/mol. The third-order valence-corrected chi connectivity index (χ3v) is 4.59. The van der Waals surface area contributed by atoms with Crippen molar-refractivity contribution in [2.24, 2.45) is 0 Å². The molecule has 4 aromatic rings. The fraction of sp³-hybridized carbons (Fsp3) is 0.0556. The van der Waals surface area contributed by atoms with Crippen molar-refractivity contribution in [3.8, 4) is 16.4 Å². The molecule has 3 aromatic heterocycles. The van der Waals surface area contributed by atoms with E-state index in [1.807, 2.05) is 41.8 Å². The highest BCUT2D eigenvalue weighted by molar-refractivity contribution is 7.13. The molecule has 1 aromatic carbocycles. The second-order valence-electron chi connectivity index (χ2n) is 5.55. The number of urea groups is 1. The van der Waals surface area contributed by atoms with Gasteiger partial charge in [0.25, 0.3) is 0 Å². The van der Waals surface area contributed by atoms with Gasteiger partial charge in [0.05, 0.1) is 0 Å². The molecule has 0 aliphatic heterocycles. The molecule has 0 aliphatic carbocycles. The van der Waals surface area contributed by atoms with Crippen molar-refractivity contribution in [1.29, 1.82) is 0 Å². The Morgan fingerprint density at radius 3 is 2.74 bits per heavy atom. The third-order valence-electron chi connectivity index (χ3n) is 3.76. The third kappa shape index (κ3) is 3.98. The second-order valence-corrected chi connectivity index (χ2v) is 6.44. The van der Waals surface area contributed by atoms with Gasteiger partial charge in [0.2, 0.25) is 0 Å². The highest BCUT2D eigenvalue weighted by Crippen LogP contribution is 2.23. The molecule has 0 saturated heterocycles. The first-order valence-corrected chi connectivity index (χ1v) is 9.01. The number of anilines is 1. The summed E-state index contributed by atoms with van der Waals surface area (Å²) >= 11 is 1.57. The van der Waals surface area contributed by atoms with Crippen molar-refractivity contribution in [1.82, 2.24) is 30.0 Å². The van der Waals surface area contributed by atoms with Crippen LogP contribution in [0.15, 0.2) is 66.8 Å². The Morgan fingerprint density at radius 1 is 1.11 bits per heavy atom. The number of amides is 2. The largest absolute Gasteiger partial charge is 0.334 e. The highest BCUT2D eigenvalue weighted by atomic mass is 32.1. The van der Waals surface area contributed by atoms with Crippen LogP contribution in [0.1, 0.15) is 5.56 Å². The second kappa shape index (κ2) is 7.75. The summed E-state index contributed by atoms with van der Waals surface area (Å²) in [7, 11) is 0. The van der Waals surface area contributed by atoms with Crippen LogP contribution >= 0.6 is 11.3 Å². The van der Waals surface area contributed by atoms with E-state index in [1.54, 1.807) is 34.7 Å². The van der Waals surface area contributed by atoms with Crippen molar-refractivity contribution in [2.45, 2.75) is 6.54 Å². The molecule has 0 radical (unpaired) electrons. The van der Waals surface area contributed by atoms with Crippen molar-refractivity contribution in [3.05, 3.63) is 72.4 Å². The number of benzene rings is 1. The maximum atomic E-state index is 12.2. The van der Waals surface area contributed by atoms with E-state index in [9.17, 15) is 4.79 Å². The van der Waals surface area contributed by atoms with Crippen LogP contribution in [0.2, 0.25) is 0 Å². The first-order chi connectivity index (χ1) is 13.3. The number of nitrogens with zero attached hydrogens (tertiary/aromatic N) is 5. The Morgan fingerprint density at radius 2 is 2.00 bits per heavy atom. The van der Waals surface area contributed by atoms with Crippen LogP contribution in [-0.2, 0) is 6.54 Å². The molecule has 0 fully saturated rings. The van der Waals surface area contributed by atoms with Gasteiger partial charge in [-0.3, -0.25) is 0 Å². The lowest BCUT2D eigenvalue weighted by Gasteiger charge is -2.10. The van der Waals surface area contributed by atoms with Gasteiger partial charge in [0.1, 0.15) is 17.7 Å². The predicted molar refractivity (Wildman–Crippen MR) is 103 cm³/mol. The Kier molecular flexibility index (Phi) is 4.84. The number of pyridine rings is 1. The van der Waals surface area contributed by atoms with E-state index < -0.39 is 0 Å². The zero-order chi connectivity index (χ0) is 18.5. The number of hydrogen-bond acceptors (Lipinski definition) is 6. The molecule has 2 N–H and O–H groups in total. The number of hydrogen-bond donors (Lipinski definition) is 2. The lowest BCUT2D eigenvalue weighted by Crippen LogP contribution is -2.28. The van der Waals surface area contributed by atoms with Crippen LogP contribution < -0.4 is 10.6 Å². The van der Waals surface area contributed by atoms with Crippen molar-refractivity contribution in [3.63, 3.8) is 0 Å². The molecule has 0 aliphatic rings. The van der Waals surface area contributed by atoms with Crippen LogP contribution in [-0.4, -0.2) is 30.8 Å². The number of carbonyl (C=O) groups is 1. The minimum absolute atomic E-state index is 0.301. The number of carbonyl (C=O) groups excluding carboxylic acids is 1. The molecular weight excluding hydrogens is 362 g/mol. The standard InChI is InChI=1S/C18H15N7OS/c26-18(24-15-5-3-13(4-6-15)17-21-8-9-27-17)22-10-14-2-1-7-20-16(14)25-12-19-11-23-25/h1-9,11-12H,10H2,(H2,22,24,26). The molecule has 0 saturated carbocycles. The van der Waals surface area contributed by atoms with Gasteiger partial charge in [0, 0.05) is 41.1 Å². The molecule has 0 spiro atoms. The van der Waals surface area contributed by atoms with Gasteiger partial charge in [-0.05, 0) is 30.3 Å². The van der Waals surface area contributed by atoms with Crippen LogP contribution in [0.4, 0.5) is 10.5 Å². The predicted octanol–water partition coefficient (Wildman–Crippen LogP) is 3.11. The van der Waals surface area contributed by atoms with Crippen LogP contribution in [0.3, 0.4) is 0 Å². The van der Waals surface area contributed by atoms with E-state index in [4.69, 9.17) is 0 Å². The summed E-state index contributed by atoms with van der Waals surface area (Å²) in [4.78, 5) is 24.7. The summed E-state index contributed by atoms with van der Waals surface area (Å²) in [6.45, 7) is 0.312. The van der Waals surface area contributed by atoms with Gasteiger partial charge in [-0.1, -0.05) is 6.07 Å². The molecular formula is C18H15N7OS. The summed E-state index contributed by atoms with van der Waals surface area (Å²) in [5.41, 5.74) is 2.55. The van der Waals surface area contributed by atoms with E-state index in [1.165, 1.54) is 6.33 Å². The smallest absolute Gasteiger partial charge is 0.319 e. The summed E-state index contributed by atoms with van der Waals surface area (Å²) in [5.74, 6) is 0.628. The molecule has 9 heteroatoms. The van der Waals surface area contributed by atoms with Crippen LogP contribution in [0, 0.1) is 0 Å². The fourth-order valence-electron chi connectivity index (χ4n) is 2.51. The molecule has 0 atom stereocenters. The highest BCUT2D eigenvalue weighted by Gasteiger charge is 2.09. The first kappa shape index (κ1) is 16.9. The summed E-state index contributed by atoms with van der Waals surface area (Å²) in [5, 5.41) is 12.6. The van der Waals surface area contributed by atoms with Crippen LogP contribution in [0.25, 0.3) is 16.4 Å². The van der Waals surface area contributed by atoms with Crippen molar-refractivity contribution >= 4 is 23.1 Å². The number of rotatable bonds is 5. The number of nitrogens with one attached hydrogen (secondary N) is 2. The average Bonchev–Trinajstić information content (AvgIpc) is 3.41. The maximum absolute atomic E-state index is 12.2. The fourth-order valence-corrected chi connectivity index (χ4v) is 3.15. The van der Waals surface area contributed by atoms with Crippen molar-refractivity contribution < 1.29 is 4.79 Å². The monoisotopic (exact) mass is 377 g/mol. The SMILES string of the molecule is O=C(NCc1cccnc1-n1cncn1)Nc1ccc(-c2nccs2)cc1. The van der Waals surface area contributed by atoms with E-state index in [2.05, 4.69) is 30.7 Å². The van der Waals surface area contributed by atoms with E-state index in [0.29, 0.717) is 18.1 Å². The molecule has 27 heavy (non-hydrogen) atoms. The van der Waals surface area contributed by atoms with Gasteiger partial charge in [-0.15, -0.1) is 11.3 Å². The Balaban J connectivity index is 1.38. The van der Waals surface area contributed by atoms with Gasteiger partial charge >= 0.3 is 6.03 Å². The Bertz CT molecular complexity index is 1010. The zero-order valence-electron chi connectivity index (χ0n) is 14.1. The lowest BCUT2D eigenvalue weighted by molar-refractivity contribution is 0.251. The quantitative estimate of drug-likeness (QED) is 0.557. The maximum Gasteiger partial charge on any atom is 0.319 e. The minimum Gasteiger partial charge on any atom is -0.334 e. The van der Waals surface area contributed by atoms with Crippen molar-refractivity contribution in [2.75, 3.05) is 5.32 Å². The Hall–Kier alpha value is -3.59. The Labute approximate surface area is 159 Å². The topological polar surface area (TPSA) is 97.6 Å². The molecule has 3 heterocycles. The van der Waals surface area contributed by atoms with E-state index >= 15 is 0 Å². The van der Waals surface area contributed by atoms with E-state index in [-0.39, 0.29) is 6.03 Å². The van der Waals surface area contributed by atoms with Gasteiger partial charge in [-0.2, -0.15) is 5.10 Å². The van der Waals surface area contributed by atoms with Crippen LogP contribution in [0.5, 0.6) is 0 Å². The van der Waals surface area contributed by atoms with Gasteiger partial charge in [-0.25, -0.2) is 24.4 Å². The molecule has 2 amide bonds. The lowest BCUT2D eigenvalue weighted by atomic mass is 10.2. The number of thiazole rings is 1. The molecule has 8 nitrogen and oxygen atoms in total.